The van der Waals surface area contributed by atoms with Crippen LogP contribution in [-0.4, -0.2) is 10.2 Å². The summed E-state index contributed by atoms with van der Waals surface area (Å²) in [5.41, 5.74) is 0. The van der Waals surface area contributed by atoms with Gasteiger partial charge in [0.2, 0.25) is 0 Å². The Morgan fingerprint density at radius 2 is 2.41 bits per heavy atom. The van der Waals surface area contributed by atoms with Crippen LogP contribution in [0.15, 0.2) is 29.4 Å². The summed E-state index contributed by atoms with van der Waals surface area (Å²) >= 11 is 1.61. The summed E-state index contributed by atoms with van der Waals surface area (Å²) in [6.45, 7) is 2.32. The quantitative estimate of drug-likeness (QED) is 0.756. The standard InChI is InChI=1S/C14H18N2S/c1-11-5-4-6-12(11)9-13(10-15)17-14-7-2-3-8-16-14/h2-3,7-8,11-13H,4-6,9H2,1H3/t11-,12+,13?/m0/s1. The highest BCUT2D eigenvalue weighted by molar-refractivity contribution is 8.00. The van der Waals surface area contributed by atoms with E-state index in [2.05, 4.69) is 18.0 Å². The summed E-state index contributed by atoms with van der Waals surface area (Å²) < 4.78 is 0. The molecule has 17 heavy (non-hydrogen) atoms. The molecule has 1 aliphatic rings. The first-order valence-electron chi connectivity index (χ1n) is 6.27. The van der Waals surface area contributed by atoms with Crippen LogP contribution in [0.1, 0.15) is 32.6 Å². The van der Waals surface area contributed by atoms with Gasteiger partial charge in [0.1, 0.15) is 0 Å². The Labute approximate surface area is 107 Å². The molecule has 2 rings (SSSR count). The van der Waals surface area contributed by atoms with Gasteiger partial charge in [-0.25, -0.2) is 4.98 Å². The van der Waals surface area contributed by atoms with E-state index in [0.29, 0.717) is 0 Å². The molecule has 1 aliphatic carbocycles. The van der Waals surface area contributed by atoms with Gasteiger partial charge in [-0.15, -0.1) is 0 Å². The zero-order valence-corrected chi connectivity index (χ0v) is 11.0. The zero-order chi connectivity index (χ0) is 12.1. The number of aromatic nitrogens is 1. The molecule has 3 atom stereocenters. The maximum atomic E-state index is 9.24. The first-order chi connectivity index (χ1) is 8.29. The monoisotopic (exact) mass is 246 g/mol. The van der Waals surface area contributed by atoms with Crippen molar-refractivity contribution in [3.05, 3.63) is 24.4 Å². The maximum Gasteiger partial charge on any atom is 0.0981 e. The van der Waals surface area contributed by atoms with Gasteiger partial charge in [0.05, 0.1) is 16.3 Å². The Bertz CT molecular complexity index is 385. The lowest BCUT2D eigenvalue weighted by atomic mass is 9.93. The third kappa shape index (κ3) is 3.47. The average Bonchev–Trinajstić information content (AvgIpc) is 2.75. The van der Waals surface area contributed by atoms with Crippen LogP contribution in [0.2, 0.25) is 0 Å². The normalized spacial score (nSPS) is 25.4. The lowest BCUT2D eigenvalue weighted by Gasteiger charge is -2.17. The summed E-state index contributed by atoms with van der Waals surface area (Å²) in [6, 6.07) is 8.28. The van der Waals surface area contributed by atoms with E-state index in [1.807, 2.05) is 18.2 Å². The van der Waals surface area contributed by atoms with E-state index in [1.165, 1.54) is 19.3 Å². The molecular weight excluding hydrogens is 228 g/mol. The first-order valence-corrected chi connectivity index (χ1v) is 7.15. The second-order valence-corrected chi connectivity index (χ2v) is 6.03. The first kappa shape index (κ1) is 12.4. The molecule has 0 amide bonds. The van der Waals surface area contributed by atoms with E-state index in [4.69, 9.17) is 0 Å². The van der Waals surface area contributed by atoms with Gasteiger partial charge in [0, 0.05) is 6.20 Å². The van der Waals surface area contributed by atoms with Gasteiger partial charge in [-0.2, -0.15) is 5.26 Å². The van der Waals surface area contributed by atoms with E-state index < -0.39 is 0 Å². The van der Waals surface area contributed by atoms with Crippen LogP contribution in [0.25, 0.3) is 0 Å². The van der Waals surface area contributed by atoms with E-state index in [9.17, 15) is 5.26 Å². The van der Waals surface area contributed by atoms with E-state index in [-0.39, 0.29) is 5.25 Å². The van der Waals surface area contributed by atoms with Crippen LogP contribution in [0, 0.1) is 23.2 Å². The van der Waals surface area contributed by atoms with Crippen LogP contribution in [0.5, 0.6) is 0 Å². The Kier molecular flexibility index (Phi) is 4.44. The van der Waals surface area contributed by atoms with Crippen LogP contribution in [-0.2, 0) is 0 Å². The van der Waals surface area contributed by atoms with Crippen molar-refractivity contribution in [1.82, 2.24) is 4.98 Å². The minimum Gasteiger partial charge on any atom is -0.250 e. The number of hydrogen-bond acceptors (Lipinski definition) is 3. The fraction of sp³-hybridized carbons (Fsp3) is 0.571. The van der Waals surface area contributed by atoms with Crippen molar-refractivity contribution in [2.45, 2.75) is 42.9 Å². The number of hydrogen-bond donors (Lipinski definition) is 0. The van der Waals surface area contributed by atoms with Crippen molar-refractivity contribution in [3.63, 3.8) is 0 Å². The molecule has 0 saturated heterocycles. The maximum absolute atomic E-state index is 9.24. The molecule has 1 aromatic heterocycles. The van der Waals surface area contributed by atoms with Gasteiger partial charge in [0.25, 0.3) is 0 Å². The van der Waals surface area contributed by atoms with Crippen molar-refractivity contribution >= 4 is 11.8 Å². The number of nitriles is 1. The highest BCUT2D eigenvalue weighted by atomic mass is 32.2. The molecule has 1 aromatic rings. The van der Waals surface area contributed by atoms with Crippen molar-refractivity contribution in [2.75, 3.05) is 0 Å². The second kappa shape index (κ2) is 6.07. The third-order valence-corrected chi connectivity index (χ3v) is 4.67. The summed E-state index contributed by atoms with van der Waals surface area (Å²) in [4.78, 5) is 4.27. The minimum absolute atomic E-state index is 0.0513. The molecule has 90 valence electrons. The third-order valence-electron chi connectivity index (χ3n) is 3.60. The van der Waals surface area contributed by atoms with Gasteiger partial charge in [-0.1, -0.05) is 44.0 Å². The molecule has 0 radical (unpaired) electrons. The Balaban J connectivity index is 1.91. The minimum atomic E-state index is 0.0513. The lowest BCUT2D eigenvalue weighted by molar-refractivity contribution is 0.399. The predicted molar refractivity (Wildman–Crippen MR) is 70.6 cm³/mol. The summed E-state index contributed by atoms with van der Waals surface area (Å²) in [5.74, 6) is 1.52. The fourth-order valence-electron chi connectivity index (χ4n) is 2.54. The van der Waals surface area contributed by atoms with Crippen molar-refractivity contribution in [3.8, 4) is 6.07 Å². The van der Waals surface area contributed by atoms with Crippen molar-refractivity contribution in [2.24, 2.45) is 11.8 Å². The Morgan fingerprint density at radius 1 is 1.53 bits per heavy atom. The summed E-state index contributed by atoms with van der Waals surface area (Å²) in [6.07, 6.45) is 6.76. The number of nitrogens with zero attached hydrogens (tertiary/aromatic N) is 2. The average molecular weight is 246 g/mol. The van der Waals surface area contributed by atoms with Crippen LogP contribution in [0.4, 0.5) is 0 Å². The number of pyridine rings is 1. The molecular formula is C14H18N2S. The van der Waals surface area contributed by atoms with Gasteiger partial charge in [-0.05, 0) is 30.4 Å². The highest BCUT2D eigenvalue weighted by Crippen LogP contribution is 2.37. The predicted octanol–water partition coefficient (Wildman–Crippen LogP) is 3.89. The van der Waals surface area contributed by atoms with Crippen LogP contribution < -0.4 is 0 Å². The Hall–Kier alpha value is -1.01. The smallest absolute Gasteiger partial charge is 0.0981 e. The van der Waals surface area contributed by atoms with Crippen molar-refractivity contribution < 1.29 is 0 Å². The molecule has 2 nitrogen and oxygen atoms in total. The topological polar surface area (TPSA) is 36.7 Å². The highest BCUT2D eigenvalue weighted by Gasteiger charge is 2.26. The van der Waals surface area contributed by atoms with Gasteiger partial charge >= 0.3 is 0 Å². The largest absolute Gasteiger partial charge is 0.250 e. The second-order valence-electron chi connectivity index (χ2n) is 4.81. The number of rotatable bonds is 4. The number of thioether (sulfide) groups is 1. The molecule has 0 bridgehead atoms. The van der Waals surface area contributed by atoms with Gasteiger partial charge in [0.15, 0.2) is 0 Å². The van der Waals surface area contributed by atoms with Crippen LogP contribution >= 0.6 is 11.8 Å². The van der Waals surface area contributed by atoms with E-state index in [1.54, 1.807) is 18.0 Å². The lowest BCUT2D eigenvalue weighted by Crippen LogP contribution is -2.11. The molecule has 1 saturated carbocycles. The molecule has 0 N–H and O–H groups in total. The molecule has 1 unspecified atom stereocenters. The van der Waals surface area contributed by atoms with Gasteiger partial charge in [-0.3, -0.25) is 0 Å². The fourth-order valence-corrected chi connectivity index (χ4v) is 3.50. The molecule has 0 aliphatic heterocycles. The molecule has 0 spiro atoms. The summed E-state index contributed by atoms with van der Waals surface area (Å²) in [7, 11) is 0. The summed E-state index contributed by atoms with van der Waals surface area (Å²) in [5, 5.41) is 10.2. The van der Waals surface area contributed by atoms with E-state index in [0.717, 1.165) is 23.3 Å². The molecule has 1 fully saturated rings. The van der Waals surface area contributed by atoms with Crippen LogP contribution in [0.3, 0.4) is 0 Å². The molecule has 0 aromatic carbocycles. The SMILES string of the molecule is C[C@H]1CCC[C@@H]1CC(C#N)Sc1ccccn1. The molecule has 3 heteroatoms. The van der Waals surface area contributed by atoms with E-state index >= 15 is 0 Å². The van der Waals surface area contributed by atoms with Crippen molar-refractivity contribution in [1.29, 1.82) is 5.26 Å². The van der Waals surface area contributed by atoms with Gasteiger partial charge < -0.3 is 0 Å². The molecule has 1 heterocycles. The Morgan fingerprint density at radius 3 is 3.00 bits per heavy atom. The zero-order valence-electron chi connectivity index (χ0n) is 10.2.